The average molecular weight is 360 g/mol. The molecule has 0 radical (unpaired) electrons. The van der Waals surface area contributed by atoms with E-state index in [1.807, 2.05) is 0 Å². The van der Waals surface area contributed by atoms with E-state index < -0.39 is 22.8 Å². The minimum absolute atomic E-state index is 0.0574. The van der Waals surface area contributed by atoms with E-state index in [4.69, 9.17) is 9.47 Å². The van der Waals surface area contributed by atoms with Crippen molar-refractivity contribution < 1.29 is 23.6 Å². The van der Waals surface area contributed by atoms with Crippen LogP contribution in [0.25, 0.3) is 0 Å². The molecule has 1 aliphatic rings. The number of non-ortho nitro benzene ring substituents is 1. The van der Waals surface area contributed by atoms with Gasteiger partial charge in [0.2, 0.25) is 6.10 Å². The fourth-order valence-corrected chi connectivity index (χ4v) is 2.41. The Labute approximate surface area is 148 Å². The first-order chi connectivity index (χ1) is 12.5. The number of hydrogen-bond donors (Lipinski definition) is 1. The number of hydrogen-bond acceptors (Lipinski definition) is 5. The molecule has 26 heavy (non-hydrogen) atoms. The molecule has 1 N–H and O–H groups in total. The number of nitrogens with zero attached hydrogens (tertiary/aromatic N) is 1. The van der Waals surface area contributed by atoms with Crippen LogP contribution in [0.3, 0.4) is 0 Å². The predicted octanol–water partition coefficient (Wildman–Crippen LogP) is 3.14. The minimum Gasteiger partial charge on any atom is -0.493 e. The number of nitro groups is 1. The Morgan fingerprint density at radius 1 is 1.23 bits per heavy atom. The Bertz CT molecular complexity index is 821. The Morgan fingerprint density at radius 3 is 2.50 bits per heavy atom. The second kappa shape index (κ2) is 7.38. The first kappa shape index (κ1) is 17.7. The quantitative estimate of drug-likeness (QED) is 0.605. The zero-order chi connectivity index (χ0) is 18.7. The van der Waals surface area contributed by atoms with Crippen molar-refractivity contribution in [2.24, 2.45) is 0 Å². The lowest BCUT2D eigenvalue weighted by Gasteiger charge is -2.20. The molecule has 1 saturated carbocycles. The van der Waals surface area contributed by atoms with Crippen LogP contribution in [0, 0.1) is 15.9 Å². The average Bonchev–Trinajstić information content (AvgIpc) is 3.44. The SMILES string of the molecule is COc1ccc([N+](=O)[O-])cc1O[C@H](C(=O)NC1CC1)c1ccc(F)cc1. The third-order valence-electron chi connectivity index (χ3n) is 3.94. The van der Waals surface area contributed by atoms with Crippen molar-refractivity contribution in [1.29, 1.82) is 0 Å². The third kappa shape index (κ3) is 4.08. The molecule has 0 aliphatic heterocycles. The van der Waals surface area contributed by atoms with Crippen LogP contribution in [0.5, 0.6) is 11.5 Å². The van der Waals surface area contributed by atoms with Gasteiger partial charge in [0.05, 0.1) is 18.1 Å². The van der Waals surface area contributed by atoms with E-state index in [0.29, 0.717) is 5.56 Å². The summed E-state index contributed by atoms with van der Waals surface area (Å²) in [5, 5.41) is 13.9. The molecule has 0 heterocycles. The van der Waals surface area contributed by atoms with E-state index in [-0.39, 0.29) is 23.2 Å². The standard InChI is InChI=1S/C18H17FN2O5/c1-25-15-9-8-14(21(23)24)10-16(15)26-17(18(22)20-13-6-7-13)11-2-4-12(19)5-3-11/h2-5,8-10,13,17H,6-7H2,1H3,(H,20,22)/t17-/m0/s1. The zero-order valence-electron chi connectivity index (χ0n) is 14.0. The molecule has 1 fully saturated rings. The van der Waals surface area contributed by atoms with E-state index in [1.165, 1.54) is 49.6 Å². The van der Waals surface area contributed by atoms with Crippen LogP contribution in [0.15, 0.2) is 42.5 Å². The van der Waals surface area contributed by atoms with Crippen LogP contribution in [0.1, 0.15) is 24.5 Å². The molecule has 8 heteroatoms. The molecule has 7 nitrogen and oxygen atoms in total. The summed E-state index contributed by atoms with van der Waals surface area (Å²) in [4.78, 5) is 23.1. The van der Waals surface area contributed by atoms with Crippen molar-refractivity contribution in [1.82, 2.24) is 5.32 Å². The Hall–Kier alpha value is -3.16. The summed E-state index contributed by atoms with van der Waals surface area (Å²) >= 11 is 0. The maximum absolute atomic E-state index is 13.2. The van der Waals surface area contributed by atoms with Gasteiger partial charge in [-0.05, 0) is 31.0 Å². The van der Waals surface area contributed by atoms with Crippen molar-refractivity contribution in [2.45, 2.75) is 25.0 Å². The number of methoxy groups -OCH3 is 1. The molecule has 3 rings (SSSR count). The summed E-state index contributed by atoms with van der Waals surface area (Å²) < 4.78 is 24.2. The van der Waals surface area contributed by atoms with Gasteiger partial charge in [-0.1, -0.05) is 12.1 Å². The van der Waals surface area contributed by atoms with Crippen molar-refractivity contribution in [3.05, 3.63) is 64.0 Å². The van der Waals surface area contributed by atoms with Gasteiger partial charge in [-0.25, -0.2) is 4.39 Å². The number of rotatable bonds is 7. The van der Waals surface area contributed by atoms with E-state index in [9.17, 15) is 19.3 Å². The van der Waals surface area contributed by atoms with Crippen LogP contribution in [0.4, 0.5) is 10.1 Å². The molecular weight excluding hydrogens is 343 g/mol. The van der Waals surface area contributed by atoms with Gasteiger partial charge in [0.25, 0.3) is 11.6 Å². The van der Waals surface area contributed by atoms with Gasteiger partial charge in [0.1, 0.15) is 5.82 Å². The Balaban J connectivity index is 1.94. The highest BCUT2D eigenvalue weighted by Gasteiger charge is 2.30. The number of amides is 1. The first-order valence-corrected chi connectivity index (χ1v) is 8.03. The van der Waals surface area contributed by atoms with Crippen molar-refractivity contribution in [3.8, 4) is 11.5 Å². The number of ether oxygens (including phenoxy) is 2. The fourth-order valence-electron chi connectivity index (χ4n) is 2.41. The van der Waals surface area contributed by atoms with Gasteiger partial charge >= 0.3 is 0 Å². The smallest absolute Gasteiger partial charge is 0.273 e. The summed E-state index contributed by atoms with van der Waals surface area (Å²) in [5.74, 6) is -0.528. The summed E-state index contributed by atoms with van der Waals surface area (Å²) in [6.45, 7) is 0. The van der Waals surface area contributed by atoms with Gasteiger partial charge in [-0.2, -0.15) is 0 Å². The van der Waals surface area contributed by atoms with Crippen molar-refractivity contribution >= 4 is 11.6 Å². The van der Waals surface area contributed by atoms with E-state index in [2.05, 4.69) is 5.32 Å². The minimum atomic E-state index is -1.09. The number of carbonyl (C=O) groups is 1. The van der Waals surface area contributed by atoms with Crippen molar-refractivity contribution in [3.63, 3.8) is 0 Å². The summed E-state index contributed by atoms with van der Waals surface area (Å²) in [6.07, 6.45) is 0.691. The third-order valence-corrected chi connectivity index (χ3v) is 3.94. The van der Waals surface area contributed by atoms with Crippen LogP contribution >= 0.6 is 0 Å². The summed E-state index contributed by atoms with van der Waals surface area (Å²) in [5.41, 5.74) is 0.236. The Kier molecular flexibility index (Phi) is 5.01. The lowest BCUT2D eigenvalue weighted by Crippen LogP contribution is -2.34. The topological polar surface area (TPSA) is 90.7 Å². The van der Waals surface area contributed by atoms with Crippen molar-refractivity contribution in [2.75, 3.05) is 7.11 Å². The highest BCUT2D eigenvalue weighted by atomic mass is 19.1. The maximum Gasteiger partial charge on any atom is 0.273 e. The van der Waals surface area contributed by atoms with Gasteiger partial charge in [-0.15, -0.1) is 0 Å². The second-order valence-corrected chi connectivity index (χ2v) is 5.92. The molecule has 1 aliphatic carbocycles. The number of benzene rings is 2. The summed E-state index contributed by atoms with van der Waals surface area (Å²) in [6, 6.07) is 9.30. The van der Waals surface area contributed by atoms with E-state index >= 15 is 0 Å². The molecule has 0 saturated heterocycles. The van der Waals surface area contributed by atoms with Crippen LogP contribution < -0.4 is 14.8 Å². The monoisotopic (exact) mass is 360 g/mol. The normalized spacial score (nSPS) is 14.4. The molecule has 136 valence electrons. The zero-order valence-corrected chi connectivity index (χ0v) is 14.0. The molecule has 2 aromatic carbocycles. The highest BCUT2D eigenvalue weighted by molar-refractivity contribution is 5.83. The number of nitrogens with one attached hydrogen (secondary N) is 1. The lowest BCUT2D eigenvalue weighted by atomic mass is 10.1. The largest absolute Gasteiger partial charge is 0.493 e. The van der Waals surface area contributed by atoms with Gasteiger partial charge in [0.15, 0.2) is 11.5 Å². The molecule has 0 spiro atoms. The molecule has 1 amide bonds. The fraction of sp³-hybridized carbons (Fsp3) is 0.278. The van der Waals surface area contributed by atoms with Gasteiger partial charge in [0, 0.05) is 17.7 Å². The predicted molar refractivity (Wildman–Crippen MR) is 90.6 cm³/mol. The Morgan fingerprint density at radius 2 is 1.92 bits per heavy atom. The van der Waals surface area contributed by atoms with Crippen LogP contribution in [0.2, 0.25) is 0 Å². The summed E-state index contributed by atoms with van der Waals surface area (Å²) in [7, 11) is 1.39. The van der Waals surface area contributed by atoms with Gasteiger partial charge in [-0.3, -0.25) is 14.9 Å². The highest BCUT2D eigenvalue weighted by Crippen LogP contribution is 2.35. The van der Waals surface area contributed by atoms with Gasteiger partial charge < -0.3 is 14.8 Å². The number of halogens is 1. The molecule has 0 bridgehead atoms. The maximum atomic E-state index is 13.2. The van der Waals surface area contributed by atoms with Crippen LogP contribution in [-0.2, 0) is 4.79 Å². The molecule has 2 aromatic rings. The molecule has 0 aromatic heterocycles. The molecular formula is C18H17FN2O5. The lowest BCUT2D eigenvalue weighted by molar-refractivity contribution is -0.385. The van der Waals surface area contributed by atoms with E-state index in [1.54, 1.807) is 0 Å². The second-order valence-electron chi connectivity index (χ2n) is 5.92. The number of carbonyl (C=O) groups excluding carboxylic acids is 1. The number of nitro benzene ring substituents is 1. The van der Waals surface area contributed by atoms with Crippen LogP contribution in [-0.4, -0.2) is 24.0 Å². The molecule has 0 unspecified atom stereocenters. The molecule has 1 atom stereocenters. The van der Waals surface area contributed by atoms with E-state index in [0.717, 1.165) is 12.8 Å². The first-order valence-electron chi connectivity index (χ1n) is 8.03.